The number of aliphatic carboxylic acids is 2. The van der Waals surface area contributed by atoms with E-state index in [4.69, 9.17) is 15.0 Å². The smallest absolute Gasteiger partial charge is 0.480 e. The van der Waals surface area contributed by atoms with Gasteiger partial charge in [0.05, 0.1) is 0 Å². The van der Waals surface area contributed by atoms with Gasteiger partial charge in [0.1, 0.15) is 6.04 Å². The number of alkyl halides is 3. The number of nitrogens with zero attached hydrogens (tertiary/aromatic N) is 1. The normalized spacial score (nSPS) is 22.9. The fourth-order valence-corrected chi connectivity index (χ4v) is 2.14. The third-order valence-corrected chi connectivity index (χ3v) is 2.94. The fraction of sp³-hybridized carbons (Fsp3) is 0.692. The molecule has 1 aliphatic heterocycles. The topological polar surface area (TPSA) is 77.8 Å². The molecule has 0 aromatic rings. The number of carboxylic acids is 2. The van der Waals surface area contributed by atoms with Crippen LogP contribution in [0.4, 0.5) is 13.2 Å². The van der Waals surface area contributed by atoms with E-state index in [9.17, 15) is 18.0 Å². The van der Waals surface area contributed by atoms with E-state index in [0.29, 0.717) is 5.92 Å². The Bertz CT molecular complexity index is 382. The lowest BCUT2D eigenvalue weighted by Gasteiger charge is -2.19. The molecule has 122 valence electrons. The minimum Gasteiger partial charge on any atom is -0.480 e. The Kier molecular flexibility index (Phi) is 8.01. The van der Waals surface area contributed by atoms with Crippen LogP contribution in [-0.4, -0.2) is 52.4 Å². The molecule has 1 saturated heterocycles. The molecule has 8 heteroatoms. The molecule has 5 nitrogen and oxygen atoms in total. The Morgan fingerprint density at radius 2 is 1.86 bits per heavy atom. The van der Waals surface area contributed by atoms with E-state index in [-0.39, 0.29) is 6.04 Å². The van der Waals surface area contributed by atoms with Crippen molar-refractivity contribution in [2.45, 2.75) is 38.9 Å². The van der Waals surface area contributed by atoms with Gasteiger partial charge in [-0.05, 0) is 32.2 Å². The summed E-state index contributed by atoms with van der Waals surface area (Å²) in [5, 5.41) is 16.2. The lowest BCUT2D eigenvalue weighted by molar-refractivity contribution is -0.192. The van der Waals surface area contributed by atoms with Gasteiger partial charge in [-0.3, -0.25) is 9.69 Å². The maximum absolute atomic E-state index is 11.0. The summed E-state index contributed by atoms with van der Waals surface area (Å²) in [5.74, 6) is -3.01. The van der Waals surface area contributed by atoms with Crippen molar-refractivity contribution in [3.05, 3.63) is 12.2 Å². The van der Waals surface area contributed by atoms with Crippen molar-refractivity contribution >= 4 is 11.9 Å². The number of carbonyl (C=O) groups is 2. The summed E-state index contributed by atoms with van der Waals surface area (Å²) in [6.07, 6.45) is 0.830. The van der Waals surface area contributed by atoms with Crippen LogP contribution in [0.3, 0.4) is 0 Å². The highest BCUT2D eigenvalue weighted by atomic mass is 19.4. The average Bonchev–Trinajstić information content (AvgIpc) is 2.73. The zero-order valence-corrected chi connectivity index (χ0v) is 11.9. The Labute approximate surface area is 121 Å². The van der Waals surface area contributed by atoms with Gasteiger partial charge in [0.15, 0.2) is 0 Å². The van der Waals surface area contributed by atoms with Crippen LogP contribution in [-0.2, 0) is 9.59 Å². The van der Waals surface area contributed by atoms with Crippen LogP contribution in [0.1, 0.15) is 26.7 Å². The monoisotopic (exact) mass is 311 g/mol. The first kappa shape index (κ1) is 19.4. The molecule has 21 heavy (non-hydrogen) atoms. The molecule has 0 spiro atoms. The molecule has 2 N–H and O–H groups in total. The first-order chi connectivity index (χ1) is 9.63. The van der Waals surface area contributed by atoms with Crippen molar-refractivity contribution in [3.8, 4) is 0 Å². The molecule has 2 atom stereocenters. The molecule has 1 fully saturated rings. The minimum atomic E-state index is -5.08. The molecule has 2 unspecified atom stereocenters. The summed E-state index contributed by atoms with van der Waals surface area (Å²) in [6.45, 7) is 5.86. The Morgan fingerprint density at radius 1 is 1.33 bits per heavy atom. The standard InChI is InChI=1S/C11H19NO2.C2HF3O2/c1-3-5-9-7-10(11(13)14)12(8-9)6-4-2;3-2(4,5)1(6)7/h3,5,9-10H,4,6-8H2,1-2H3,(H,13,14);(H,6,7)/b5-3-;. The van der Waals surface area contributed by atoms with Gasteiger partial charge in [0, 0.05) is 6.54 Å². The van der Waals surface area contributed by atoms with Crippen LogP contribution < -0.4 is 0 Å². The van der Waals surface area contributed by atoms with Crippen LogP contribution in [0, 0.1) is 5.92 Å². The lowest BCUT2D eigenvalue weighted by Crippen LogP contribution is -2.36. The van der Waals surface area contributed by atoms with Gasteiger partial charge in [0.2, 0.25) is 0 Å². The number of halogens is 3. The molecule has 0 aromatic carbocycles. The molecule has 0 radical (unpaired) electrons. The van der Waals surface area contributed by atoms with Gasteiger partial charge < -0.3 is 10.2 Å². The third kappa shape index (κ3) is 7.12. The van der Waals surface area contributed by atoms with E-state index in [0.717, 1.165) is 25.9 Å². The van der Waals surface area contributed by atoms with Crippen molar-refractivity contribution in [2.75, 3.05) is 13.1 Å². The molecule has 1 aliphatic rings. The van der Waals surface area contributed by atoms with E-state index in [1.807, 2.05) is 13.0 Å². The first-order valence-electron chi connectivity index (χ1n) is 6.53. The summed E-state index contributed by atoms with van der Waals surface area (Å²) in [6, 6.07) is -0.267. The van der Waals surface area contributed by atoms with E-state index in [2.05, 4.69) is 17.9 Å². The highest BCUT2D eigenvalue weighted by molar-refractivity contribution is 5.74. The molecule has 1 rings (SSSR count). The van der Waals surface area contributed by atoms with Gasteiger partial charge in [-0.25, -0.2) is 4.79 Å². The molecule has 0 aliphatic carbocycles. The third-order valence-electron chi connectivity index (χ3n) is 2.94. The van der Waals surface area contributed by atoms with Crippen molar-refractivity contribution < 1.29 is 33.0 Å². The summed E-state index contributed by atoms with van der Waals surface area (Å²) < 4.78 is 31.7. The van der Waals surface area contributed by atoms with Crippen LogP contribution >= 0.6 is 0 Å². The van der Waals surface area contributed by atoms with Gasteiger partial charge in [0.25, 0.3) is 0 Å². The Morgan fingerprint density at radius 3 is 2.19 bits per heavy atom. The predicted octanol–water partition coefficient (Wildman–Crippen LogP) is 2.38. The number of hydrogen-bond acceptors (Lipinski definition) is 3. The van der Waals surface area contributed by atoms with E-state index < -0.39 is 18.1 Å². The van der Waals surface area contributed by atoms with Crippen LogP contribution in [0.5, 0.6) is 0 Å². The van der Waals surface area contributed by atoms with E-state index in [1.54, 1.807) is 0 Å². The van der Waals surface area contributed by atoms with Crippen LogP contribution in [0.15, 0.2) is 12.2 Å². The van der Waals surface area contributed by atoms with Crippen LogP contribution in [0.25, 0.3) is 0 Å². The van der Waals surface area contributed by atoms with Crippen LogP contribution in [0.2, 0.25) is 0 Å². The highest BCUT2D eigenvalue weighted by Crippen LogP contribution is 2.24. The average molecular weight is 311 g/mol. The predicted molar refractivity (Wildman–Crippen MR) is 69.9 cm³/mol. The summed E-state index contributed by atoms with van der Waals surface area (Å²) in [4.78, 5) is 21.9. The summed E-state index contributed by atoms with van der Waals surface area (Å²) in [5.41, 5.74) is 0. The van der Waals surface area contributed by atoms with Crippen molar-refractivity contribution in [3.63, 3.8) is 0 Å². The molecule has 0 saturated carbocycles. The first-order valence-corrected chi connectivity index (χ1v) is 6.53. The van der Waals surface area contributed by atoms with Crippen molar-refractivity contribution in [2.24, 2.45) is 5.92 Å². The van der Waals surface area contributed by atoms with E-state index >= 15 is 0 Å². The molecule has 1 heterocycles. The van der Waals surface area contributed by atoms with E-state index in [1.165, 1.54) is 0 Å². The zero-order valence-electron chi connectivity index (χ0n) is 11.9. The number of likely N-dealkylation sites (tertiary alicyclic amines) is 1. The highest BCUT2D eigenvalue weighted by Gasteiger charge is 2.38. The second-order valence-corrected chi connectivity index (χ2v) is 4.67. The second kappa shape index (κ2) is 8.66. The number of allylic oxidation sites excluding steroid dienone is 1. The van der Waals surface area contributed by atoms with Gasteiger partial charge in [-0.1, -0.05) is 19.1 Å². The maximum Gasteiger partial charge on any atom is 0.490 e. The molecule has 0 aromatic heterocycles. The molecule has 0 amide bonds. The largest absolute Gasteiger partial charge is 0.490 e. The quantitative estimate of drug-likeness (QED) is 0.779. The van der Waals surface area contributed by atoms with Crippen molar-refractivity contribution in [1.82, 2.24) is 4.90 Å². The molecular formula is C13H20F3NO4. The minimum absolute atomic E-state index is 0.267. The SMILES string of the molecule is C/C=C\C1CC(C(=O)O)N(CCC)C1.O=C(O)C(F)(F)F. The Hall–Kier alpha value is -1.57. The zero-order chi connectivity index (χ0) is 16.6. The molecular weight excluding hydrogens is 291 g/mol. The number of hydrogen-bond donors (Lipinski definition) is 2. The van der Waals surface area contributed by atoms with Gasteiger partial charge in [-0.2, -0.15) is 13.2 Å². The van der Waals surface area contributed by atoms with Crippen molar-refractivity contribution in [1.29, 1.82) is 0 Å². The Balaban J connectivity index is 0.000000486. The summed E-state index contributed by atoms with van der Waals surface area (Å²) in [7, 11) is 0. The number of rotatable bonds is 4. The van der Waals surface area contributed by atoms with Gasteiger partial charge in [-0.15, -0.1) is 0 Å². The lowest BCUT2D eigenvalue weighted by atomic mass is 10.1. The maximum atomic E-state index is 11.0. The molecule has 0 bridgehead atoms. The number of carboxylic acid groups (broad SMARTS) is 2. The van der Waals surface area contributed by atoms with Gasteiger partial charge >= 0.3 is 18.1 Å². The second-order valence-electron chi connectivity index (χ2n) is 4.67. The summed E-state index contributed by atoms with van der Waals surface area (Å²) >= 11 is 0. The fourth-order valence-electron chi connectivity index (χ4n) is 2.14.